The summed E-state index contributed by atoms with van der Waals surface area (Å²) in [7, 11) is 0. The fraction of sp³-hybridized carbons (Fsp3) is 0.200. The summed E-state index contributed by atoms with van der Waals surface area (Å²) >= 11 is 0. The molecule has 0 saturated carbocycles. The fourth-order valence-electron chi connectivity index (χ4n) is 1.37. The number of hydrogen-bond acceptors (Lipinski definition) is 3. The van der Waals surface area contributed by atoms with Crippen molar-refractivity contribution in [3.05, 3.63) is 41.9 Å². The van der Waals surface area contributed by atoms with E-state index in [0.29, 0.717) is 6.54 Å². The van der Waals surface area contributed by atoms with Crippen molar-refractivity contribution in [2.75, 3.05) is 0 Å². The number of nitrogens with zero attached hydrogens (tertiary/aromatic N) is 3. The lowest BCUT2D eigenvalue weighted by Gasteiger charge is -2.05. The minimum atomic E-state index is 0.521. The van der Waals surface area contributed by atoms with Gasteiger partial charge in [0.25, 0.3) is 0 Å². The molecule has 2 rings (SSSR count). The van der Waals surface area contributed by atoms with Gasteiger partial charge in [0.05, 0.1) is 0 Å². The molecular formula is C10H12N4. The van der Waals surface area contributed by atoms with Crippen molar-refractivity contribution in [2.24, 2.45) is 5.73 Å². The predicted molar refractivity (Wildman–Crippen MR) is 54.0 cm³/mol. The summed E-state index contributed by atoms with van der Waals surface area (Å²) in [5, 5.41) is 4.13. The highest BCUT2D eigenvalue weighted by Gasteiger charge is 2.02. The maximum atomic E-state index is 5.53. The zero-order valence-corrected chi connectivity index (χ0v) is 8.01. The van der Waals surface area contributed by atoms with Crippen LogP contribution in [-0.4, -0.2) is 14.8 Å². The number of aryl methyl sites for hydroxylation is 1. The van der Waals surface area contributed by atoms with Crippen LogP contribution in [0, 0.1) is 6.92 Å². The van der Waals surface area contributed by atoms with Crippen molar-refractivity contribution >= 4 is 0 Å². The highest BCUT2D eigenvalue weighted by atomic mass is 15.3. The Morgan fingerprint density at radius 2 is 2.36 bits per heavy atom. The van der Waals surface area contributed by atoms with Crippen LogP contribution in [0.5, 0.6) is 0 Å². The standard InChI is InChI=1S/C10H12N4/c1-8-5-9(6-11)7-12-10(8)14-4-2-3-13-14/h2-5,7H,6,11H2,1H3. The first-order valence-electron chi connectivity index (χ1n) is 4.47. The van der Waals surface area contributed by atoms with Gasteiger partial charge in [0.1, 0.15) is 0 Å². The second-order valence-corrected chi connectivity index (χ2v) is 3.14. The van der Waals surface area contributed by atoms with Crippen LogP contribution in [0.1, 0.15) is 11.1 Å². The van der Waals surface area contributed by atoms with E-state index < -0.39 is 0 Å². The molecule has 0 spiro atoms. The highest BCUT2D eigenvalue weighted by molar-refractivity contribution is 5.34. The molecule has 0 radical (unpaired) electrons. The molecule has 0 aromatic carbocycles. The van der Waals surface area contributed by atoms with E-state index in [4.69, 9.17) is 5.73 Å². The SMILES string of the molecule is Cc1cc(CN)cnc1-n1cccn1. The van der Waals surface area contributed by atoms with Crippen molar-refractivity contribution in [3.8, 4) is 5.82 Å². The number of rotatable bonds is 2. The van der Waals surface area contributed by atoms with Gasteiger partial charge < -0.3 is 5.73 Å². The van der Waals surface area contributed by atoms with Crippen LogP contribution in [0.2, 0.25) is 0 Å². The Morgan fingerprint density at radius 1 is 1.50 bits per heavy atom. The summed E-state index contributed by atoms with van der Waals surface area (Å²) in [6.45, 7) is 2.52. The summed E-state index contributed by atoms with van der Waals surface area (Å²) < 4.78 is 1.75. The summed E-state index contributed by atoms with van der Waals surface area (Å²) in [6, 6.07) is 3.90. The molecule has 2 heterocycles. The first-order chi connectivity index (χ1) is 6.81. The topological polar surface area (TPSA) is 56.7 Å². The average Bonchev–Trinajstić information content (AvgIpc) is 2.70. The van der Waals surface area contributed by atoms with E-state index in [1.807, 2.05) is 25.3 Å². The molecule has 0 aliphatic heterocycles. The fourth-order valence-corrected chi connectivity index (χ4v) is 1.37. The Morgan fingerprint density at radius 3 is 2.93 bits per heavy atom. The Balaban J connectivity index is 2.46. The average molecular weight is 188 g/mol. The maximum Gasteiger partial charge on any atom is 0.156 e. The normalized spacial score (nSPS) is 10.4. The van der Waals surface area contributed by atoms with Crippen LogP contribution in [0.4, 0.5) is 0 Å². The van der Waals surface area contributed by atoms with Gasteiger partial charge in [-0.15, -0.1) is 0 Å². The highest BCUT2D eigenvalue weighted by Crippen LogP contribution is 2.10. The summed E-state index contributed by atoms with van der Waals surface area (Å²) in [5.41, 5.74) is 7.65. The quantitative estimate of drug-likeness (QED) is 0.766. The van der Waals surface area contributed by atoms with Gasteiger partial charge in [0, 0.05) is 25.1 Å². The number of nitrogens with two attached hydrogens (primary N) is 1. The molecule has 14 heavy (non-hydrogen) atoms. The lowest BCUT2D eigenvalue weighted by molar-refractivity contribution is 0.833. The zero-order valence-electron chi connectivity index (χ0n) is 8.01. The van der Waals surface area contributed by atoms with Gasteiger partial charge in [-0.25, -0.2) is 9.67 Å². The number of hydrogen-bond donors (Lipinski definition) is 1. The van der Waals surface area contributed by atoms with E-state index in [2.05, 4.69) is 10.1 Å². The minimum absolute atomic E-state index is 0.521. The van der Waals surface area contributed by atoms with Gasteiger partial charge in [-0.05, 0) is 30.2 Å². The third-order valence-electron chi connectivity index (χ3n) is 2.06. The number of aromatic nitrogens is 3. The monoisotopic (exact) mass is 188 g/mol. The molecule has 72 valence electrons. The molecule has 0 saturated heterocycles. The number of pyridine rings is 1. The van der Waals surface area contributed by atoms with E-state index in [9.17, 15) is 0 Å². The molecule has 4 nitrogen and oxygen atoms in total. The minimum Gasteiger partial charge on any atom is -0.326 e. The van der Waals surface area contributed by atoms with Crippen LogP contribution in [-0.2, 0) is 6.54 Å². The largest absolute Gasteiger partial charge is 0.326 e. The third-order valence-corrected chi connectivity index (χ3v) is 2.06. The third kappa shape index (κ3) is 1.52. The Kier molecular flexibility index (Phi) is 2.28. The van der Waals surface area contributed by atoms with Crippen molar-refractivity contribution in [2.45, 2.75) is 13.5 Å². The van der Waals surface area contributed by atoms with Gasteiger partial charge in [0.2, 0.25) is 0 Å². The van der Waals surface area contributed by atoms with Gasteiger partial charge in [-0.3, -0.25) is 0 Å². The maximum absolute atomic E-state index is 5.53. The summed E-state index contributed by atoms with van der Waals surface area (Å²) in [6.07, 6.45) is 5.39. The molecule has 0 aliphatic carbocycles. The van der Waals surface area contributed by atoms with Crippen molar-refractivity contribution in [3.63, 3.8) is 0 Å². The second-order valence-electron chi connectivity index (χ2n) is 3.14. The van der Waals surface area contributed by atoms with Gasteiger partial charge in [-0.1, -0.05) is 0 Å². The molecule has 0 unspecified atom stereocenters. The van der Waals surface area contributed by atoms with Crippen LogP contribution in [0.25, 0.3) is 5.82 Å². The molecular weight excluding hydrogens is 176 g/mol. The smallest absolute Gasteiger partial charge is 0.156 e. The second kappa shape index (κ2) is 3.59. The van der Waals surface area contributed by atoms with E-state index >= 15 is 0 Å². The van der Waals surface area contributed by atoms with Crippen LogP contribution >= 0.6 is 0 Å². The van der Waals surface area contributed by atoms with Crippen LogP contribution in [0.15, 0.2) is 30.7 Å². The van der Waals surface area contributed by atoms with E-state index in [1.54, 1.807) is 17.1 Å². The molecule has 4 heteroatoms. The van der Waals surface area contributed by atoms with Crippen molar-refractivity contribution < 1.29 is 0 Å². The Bertz CT molecular complexity index is 420. The first kappa shape index (κ1) is 8.90. The lowest BCUT2D eigenvalue weighted by Crippen LogP contribution is -2.04. The first-order valence-corrected chi connectivity index (χ1v) is 4.47. The Hall–Kier alpha value is -1.68. The molecule has 0 fully saturated rings. The van der Waals surface area contributed by atoms with Crippen LogP contribution in [0.3, 0.4) is 0 Å². The van der Waals surface area contributed by atoms with E-state index in [0.717, 1.165) is 16.9 Å². The molecule has 2 aromatic heterocycles. The van der Waals surface area contributed by atoms with Crippen molar-refractivity contribution in [1.29, 1.82) is 0 Å². The lowest BCUT2D eigenvalue weighted by atomic mass is 10.2. The molecule has 2 N–H and O–H groups in total. The van der Waals surface area contributed by atoms with Crippen LogP contribution < -0.4 is 5.73 Å². The molecule has 0 aliphatic rings. The zero-order chi connectivity index (χ0) is 9.97. The van der Waals surface area contributed by atoms with E-state index in [-0.39, 0.29) is 0 Å². The molecule has 0 bridgehead atoms. The van der Waals surface area contributed by atoms with Gasteiger partial charge in [-0.2, -0.15) is 5.10 Å². The predicted octanol–water partition coefficient (Wildman–Crippen LogP) is 1.03. The van der Waals surface area contributed by atoms with Gasteiger partial charge >= 0.3 is 0 Å². The van der Waals surface area contributed by atoms with Crippen molar-refractivity contribution in [1.82, 2.24) is 14.8 Å². The molecule has 0 atom stereocenters. The molecule has 2 aromatic rings. The van der Waals surface area contributed by atoms with Gasteiger partial charge in [0.15, 0.2) is 5.82 Å². The molecule has 0 amide bonds. The summed E-state index contributed by atoms with van der Waals surface area (Å²) in [4.78, 5) is 4.31. The Labute approximate surface area is 82.4 Å². The summed E-state index contributed by atoms with van der Waals surface area (Å²) in [5.74, 6) is 0.854. The van der Waals surface area contributed by atoms with E-state index in [1.165, 1.54) is 0 Å².